The second-order valence-corrected chi connectivity index (χ2v) is 9.48. The first-order valence-corrected chi connectivity index (χ1v) is 12.4. The Morgan fingerprint density at radius 3 is 2.64 bits per heavy atom. The molecule has 1 saturated carbocycles. The number of Topliss-reactive ketones (excluding diaryl/α,β-unsaturated/α-hetero) is 1. The molecule has 0 spiro atoms. The van der Waals surface area contributed by atoms with Gasteiger partial charge >= 0.3 is 0 Å². The summed E-state index contributed by atoms with van der Waals surface area (Å²) >= 11 is 3.62. The van der Waals surface area contributed by atoms with Crippen molar-refractivity contribution in [2.45, 2.75) is 51.5 Å². The Kier molecular flexibility index (Phi) is 7.98. The minimum absolute atomic E-state index is 0.0738. The largest absolute Gasteiger partial charge is 0.492 e. The van der Waals surface area contributed by atoms with Gasteiger partial charge in [-0.1, -0.05) is 6.07 Å². The Labute approximate surface area is 202 Å². The van der Waals surface area contributed by atoms with Crippen molar-refractivity contribution in [3.05, 3.63) is 46.7 Å². The van der Waals surface area contributed by atoms with Gasteiger partial charge < -0.3 is 14.6 Å². The van der Waals surface area contributed by atoms with Crippen LogP contribution in [0.25, 0.3) is 10.9 Å². The Hall–Kier alpha value is -2.45. The number of hydrogen-bond acceptors (Lipinski definition) is 6. The molecule has 7 nitrogen and oxygen atoms in total. The number of unbranched alkanes of at least 4 members (excludes halogenated alkanes) is 1. The highest BCUT2D eigenvalue weighted by molar-refractivity contribution is 9.10. The van der Waals surface area contributed by atoms with Crippen molar-refractivity contribution in [1.82, 2.24) is 14.8 Å². The fraction of sp³-hybridized carbons (Fsp3) is 0.480. The molecule has 176 valence electrons. The SMILES string of the molecule is CC(=O)c1cccc(OCCCCOc2cc3nn(C4CCC(CO)CC4)cc3cc2Br)n1. The number of aliphatic hydroxyl groups is 1. The summed E-state index contributed by atoms with van der Waals surface area (Å²) in [5, 5.41) is 15.3. The van der Waals surface area contributed by atoms with Crippen LogP contribution in [0.3, 0.4) is 0 Å². The lowest BCUT2D eigenvalue weighted by atomic mass is 9.87. The lowest BCUT2D eigenvalue weighted by Gasteiger charge is -2.27. The van der Waals surface area contributed by atoms with Crippen LogP contribution in [0.4, 0.5) is 0 Å². The van der Waals surface area contributed by atoms with Crippen LogP contribution >= 0.6 is 15.9 Å². The number of benzene rings is 1. The van der Waals surface area contributed by atoms with Crippen LogP contribution in [0, 0.1) is 5.92 Å². The van der Waals surface area contributed by atoms with Crippen molar-refractivity contribution in [2.24, 2.45) is 5.92 Å². The summed E-state index contributed by atoms with van der Waals surface area (Å²) in [6.45, 7) is 2.87. The van der Waals surface area contributed by atoms with Crippen LogP contribution in [-0.4, -0.2) is 45.5 Å². The number of carbonyl (C=O) groups excluding carboxylic acids is 1. The number of pyridine rings is 1. The Morgan fingerprint density at radius 2 is 1.91 bits per heavy atom. The van der Waals surface area contributed by atoms with E-state index in [0.29, 0.717) is 36.7 Å². The van der Waals surface area contributed by atoms with Crippen LogP contribution in [0.1, 0.15) is 62.0 Å². The van der Waals surface area contributed by atoms with Gasteiger partial charge in [-0.05, 0) is 72.5 Å². The van der Waals surface area contributed by atoms with E-state index >= 15 is 0 Å². The number of aliphatic hydroxyl groups excluding tert-OH is 1. The minimum Gasteiger partial charge on any atom is -0.492 e. The van der Waals surface area contributed by atoms with Gasteiger partial charge in [0, 0.05) is 37.2 Å². The fourth-order valence-electron chi connectivity index (χ4n) is 4.19. The number of fused-ring (bicyclic) bond motifs is 1. The van der Waals surface area contributed by atoms with Crippen molar-refractivity contribution >= 4 is 32.6 Å². The topological polar surface area (TPSA) is 86.5 Å². The van der Waals surface area contributed by atoms with Gasteiger partial charge in [0.1, 0.15) is 11.4 Å². The third kappa shape index (κ3) is 6.12. The van der Waals surface area contributed by atoms with Crippen molar-refractivity contribution in [2.75, 3.05) is 19.8 Å². The molecule has 0 aliphatic heterocycles. The van der Waals surface area contributed by atoms with Crippen LogP contribution in [-0.2, 0) is 0 Å². The van der Waals surface area contributed by atoms with Crippen molar-refractivity contribution in [3.8, 4) is 11.6 Å². The summed E-state index contributed by atoms with van der Waals surface area (Å²) in [4.78, 5) is 15.6. The molecular weight excluding hydrogens is 486 g/mol. The number of aromatic nitrogens is 3. The zero-order valence-corrected chi connectivity index (χ0v) is 20.5. The van der Waals surface area contributed by atoms with E-state index in [4.69, 9.17) is 14.6 Å². The zero-order valence-electron chi connectivity index (χ0n) is 18.9. The van der Waals surface area contributed by atoms with E-state index in [1.165, 1.54) is 6.92 Å². The molecule has 1 fully saturated rings. The molecular formula is C25H30BrN3O4. The smallest absolute Gasteiger partial charge is 0.213 e. The molecule has 1 aliphatic rings. The maximum atomic E-state index is 11.4. The molecule has 0 atom stereocenters. The van der Waals surface area contributed by atoms with Gasteiger partial charge in [0.05, 0.1) is 29.2 Å². The average Bonchev–Trinajstić information content (AvgIpc) is 3.24. The van der Waals surface area contributed by atoms with Crippen LogP contribution < -0.4 is 9.47 Å². The van der Waals surface area contributed by atoms with E-state index in [-0.39, 0.29) is 12.4 Å². The lowest BCUT2D eigenvalue weighted by Crippen LogP contribution is -2.20. The lowest BCUT2D eigenvalue weighted by molar-refractivity contribution is 0.101. The van der Waals surface area contributed by atoms with E-state index in [9.17, 15) is 9.90 Å². The van der Waals surface area contributed by atoms with E-state index in [0.717, 1.165) is 59.7 Å². The number of carbonyl (C=O) groups is 1. The maximum absolute atomic E-state index is 11.4. The van der Waals surface area contributed by atoms with Crippen LogP contribution in [0.2, 0.25) is 0 Å². The van der Waals surface area contributed by atoms with Gasteiger partial charge in [-0.15, -0.1) is 0 Å². The monoisotopic (exact) mass is 515 g/mol. The highest BCUT2D eigenvalue weighted by atomic mass is 79.9. The summed E-state index contributed by atoms with van der Waals surface area (Å²) in [7, 11) is 0. The van der Waals surface area contributed by atoms with Crippen molar-refractivity contribution in [3.63, 3.8) is 0 Å². The molecule has 2 heterocycles. The summed E-state index contributed by atoms with van der Waals surface area (Å²) in [6, 6.07) is 9.66. The van der Waals surface area contributed by atoms with Crippen LogP contribution in [0.15, 0.2) is 41.0 Å². The maximum Gasteiger partial charge on any atom is 0.213 e. The third-order valence-electron chi connectivity index (χ3n) is 6.15. The molecule has 0 radical (unpaired) electrons. The first kappa shape index (κ1) is 23.7. The second-order valence-electron chi connectivity index (χ2n) is 8.63. The molecule has 8 heteroatoms. The minimum atomic E-state index is -0.0738. The highest BCUT2D eigenvalue weighted by Crippen LogP contribution is 2.34. The molecule has 33 heavy (non-hydrogen) atoms. The van der Waals surface area contributed by atoms with Gasteiger partial charge in [0.15, 0.2) is 5.78 Å². The molecule has 1 aliphatic carbocycles. The predicted molar refractivity (Wildman–Crippen MR) is 130 cm³/mol. The standard InChI is InChI=1S/C25H30BrN3O4/c1-17(31)22-5-4-6-25(27-22)33-12-3-2-11-32-24-14-23-19(13-21(24)26)15-29(28-23)20-9-7-18(16-30)8-10-20/h4-6,13-15,18,20,30H,2-3,7-12,16H2,1H3. The summed E-state index contributed by atoms with van der Waals surface area (Å²) in [5.41, 5.74) is 1.34. The number of hydrogen-bond donors (Lipinski definition) is 1. The molecule has 0 amide bonds. The van der Waals surface area contributed by atoms with Gasteiger partial charge in [-0.25, -0.2) is 4.98 Å². The molecule has 0 saturated heterocycles. The Balaban J connectivity index is 1.26. The Morgan fingerprint density at radius 1 is 1.15 bits per heavy atom. The molecule has 4 rings (SSSR count). The summed E-state index contributed by atoms with van der Waals surface area (Å²) in [5.74, 6) is 1.62. The molecule has 3 aromatic rings. The molecule has 1 aromatic carbocycles. The van der Waals surface area contributed by atoms with E-state index in [1.54, 1.807) is 18.2 Å². The first-order valence-electron chi connectivity index (χ1n) is 11.6. The van der Waals surface area contributed by atoms with Crippen molar-refractivity contribution in [1.29, 1.82) is 0 Å². The van der Waals surface area contributed by atoms with Crippen LogP contribution in [0.5, 0.6) is 11.6 Å². The first-order chi connectivity index (χ1) is 16.0. The van der Waals surface area contributed by atoms with Gasteiger partial charge in [0.2, 0.25) is 5.88 Å². The number of ether oxygens (including phenoxy) is 2. The number of ketones is 1. The summed E-state index contributed by atoms with van der Waals surface area (Å²) in [6.07, 6.45) is 7.98. The molecule has 0 unspecified atom stereocenters. The third-order valence-corrected chi connectivity index (χ3v) is 6.77. The number of halogens is 1. The number of rotatable bonds is 10. The zero-order chi connectivity index (χ0) is 23.2. The molecule has 0 bridgehead atoms. The Bertz CT molecular complexity index is 1090. The quantitative estimate of drug-likeness (QED) is 0.289. The average molecular weight is 516 g/mol. The van der Waals surface area contributed by atoms with E-state index < -0.39 is 0 Å². The summed E-state index contributed by atoms with van der Waals surface area (Å²) < 4.78 is 14.6. The van der Waals surface area contributed by atoms with Gasteiger partial charge in [0.25, 0.3) is 0 Å². The molecule has 1 N–H and O–H groups in total. The highest BCUT2D eigenvalue weighted by Gasteiger charge is 2.23. The molecule has 2 aromatic heterocycles. The van der Waals surface area contributed by atoms with Gasteiger partial charge in [-0.2, -0.15) is 5.10 Å². The predicted octanol–water partition coefficient (Wildman–Crippen LogP) is 5.36. The normalized spacial score (nSPS) is 18.4. The van der Waals surface area contributed by atoms with Gasteiger partial charge in [-0.3, -0.25) is 9.48 Å². The fourth-order valence-corrected chi connectivity index (χ4v) is 4.66. The van der Waals surface area contributed by atoms with Crippen molar-refractivity contribution < 1.29 is 19.4 Å². The van der Waals surface area contributed by atoms with E-state index in [1.807, 2.05) is 6.07 Å². The van der Waals surface area contributed by atoms with E-state index in [2.05, 4.69) is 37.9 Å². The second kappa shape index (κ2) is 11.1. The number of nitrogens with zero attached hydrogens (tertiary/aromatic N) is 3.